The Hall–Kier alpha value is -2.60. The summed E-state index contributed by atoms with van der Waals surface area (Å²) < 4.78 is 22.7. The Morgan fingerprint density at radius 2 is 2.08 bits per heavy atom. The molecule has 4 heterocycles. The predicted molar refractivity (Wildman–Crippen MR) is 128 cm³/mol. The van der Waals surface area contributed by atoms with Crippen LogP contribution in [0.15, 0.2) is 35.8 Å². The molecular weight excluding hydrogens is 536 g/mol. The van der Waals surface area contributed by atoms with E-state index in [-0.39, 0.29) is 11.4 Å². The topological polar surface area (TPSA) is 115 Å². The first kappa shape index (κ1) is 26.5. The van der Waals surface area contributed by atoms with E-state index in [1.165, 1.54) is 13.3 Å². The molecule has 3 aromatic rings. The first-order valence-corrected chi connectivity index (χ1v) is 13.1. The van der Waals surface area contributed by atoms with E-state index in [0.717, 1.165) is 44.8 Å². The van der Waals surface area contributed by atoms with Crippen LogP contribution in [0.1, 0.15) is 42.1 Å². The van der Waals surface area contributed by atoms with Crippen LogP contribution >= 0.6 is 10.1 Å². The number of carboxylic acid groups (broad SMARTS) is 1. The van der Waals surface area contributed by atoms with Gasteiger partial charge >= 0.3 is 25.0 Å². The fraction of sp³-hybridized carbons (Fsp3) is 0.458. The van der Waals surface area contributed by atoms with Gasteiger partial charge in [-0.1, -0.05) is 0 Å². The minimum Gasteiger partial charge on any atom is -0.351 e. The van der Waals surface area contributed by atoms with E-state index in [1.807, 2.05) is 4.90 Å². The molecule has 3 fully saturated rings. The van der Waals surface area contributed by atoms with Gasteiger partial charge in [0.25, 0.3) is 0 Å². The second kappa shape index (κ2) is 11.6. The van der Waals surface area contributed by atoms with Gasteiger partial charge in [-0.25, -0.2) is 9.37 Å². The molecule has 12 heteroatoms. The van der Waals surface area contributed by atoms with Crippen molar-refractivity contribution in [2.75, 3.05) is 31.6 Å². The second-order valence-corrected chi connectivity index (χ2v) is 9.06. The number of nitrogens with one attached hydrogen (secondary N) is 2. The van der Waals surface area contributed by atoms with E-state index in [1.54, 1.807) is 23.3 Å². The molecule has 0 bridgehead atoms. The number of halogens is 2. The van der Waals surface area contributed by atoms with Crippen LogP contribution < -0.4 is 25.5 Å². The summed E-state index contributed by atoms with van der Waals surface area (Å²) in [4.78, 5) is 32.6. The number of hydrogen-bond donors (Lipinski definition) is 2. The van der Waals surface area contributed by atoms with E-state index in [9.17, 15) is 14.7 Å². The van der Waals surface area contributed by atoms with Gasteiger partial charge < -0.3 is 34.4 Å². The summed E-state index contributed by atoms with van der Waals surface area (Å²) in [5.41, 5.74) is -0.372. The van der Waals surface area contributed by atoms with E-state index in [2.05, 4.69) is 40.3 Å². The Bertz CT molecular complexity index is 1240. The van der Waals surface area contributed by atoms with Crippen molar-refractivity contribution >= 4 is 32.7 Å². The fourth-order valence-electron chi connectivity index (χ4n) is 5.16. The Kier molecular flexibility index (Phi) is 8.55. The molecular formula is C24H27ClCoFN5O4. The maximum absolute atomic E-state index is 15.3. The summed E-state index contributed by atoms with van der Waals surface area (Å²) in [6.45, 7) is 2.37. The maximum Gasteiger partial charge on any atom is 0.0919 e. The molecule has 6 rings (SSSR count). The van der Waals surface area contributed by atoms with Gasteiger partial charge in [-0.05, 0) is 44.2 Å². The summed E-state index contributed by atoms with van der Waals surface area (Å²) in [7, 11) is 5.79. The minimum atomic E-state index is -1.55. The van der Waals surface area contributed by atoms with E-state index in [0.29, 0.717) is 35.5 Å². The number of carbonyl (C=O) groups is 1. The number of pyridine rings is 1. The molecule has 2 N–H and O–H groups in total. The van der Waals surface area contributed by atoms with Crippen LogP contribution in [0, 0.1) is 11.7 Å². The van der Waals surface area contributed by atoms with Gasteiger partial charge in [0.1, 0.15) is 5.69 Å². The van der Waals surface area contributed by atoms with Gasteiger partial charge in [0.2, 0.25) is 0 Å². The second-order valence-electron chi connectivity index (χ2n) is 9.06. The number of aromatic nitrogens is 3. The zero-order valence-electron chi connectivity index (χ0n) is 19.6. The average Bonchev–Trinajstić information content (AvgIpc) is 3.36. The molecule has 1 aliphatic carbocycles. The van der Waals surface area contributed by atoms with Crippen LogP contribution in [0.4, 0.5) is 10.1 Å². The van der Waals surface area contributed by atoms with Crippen molar-refractivity contribution in [3.8, 4) is 5.75 Å². The summed E-state index contributed by atoms with van der Waals surface area (Å²) in [5.74, 6) is -1.37. The number of piperidine rings is 1. The van der Waals surface area contributed by atoms with E-state index < -0.39 is 22.8 Å². The van der Waals surface area contributed by atoms with E-state index >= 15 is 4.39 Å². The number of methoxy groups -OCH3 is 1. The number of rotatable bonds is 4. The molecule has 2 aromatic heterocycles. The number of hydrogen-bond acceptors (Lipinski definition) is 7. The van der Waals surface area contributed by atoms with E-state index in [4.69, 9.17) is 4.74 Å². The number of benzene rings is 1. The van der Waals surface area contributed by atoms with Crippen LogP contribution in [0.5, 0.6) is 5.75 Å². The van der Waals surface area contributed by atoms with Crippen molar-refractivity contribution in [3.05, 3.63) is 52.6 Å². The number of ether oxygens (including phenoxy) is 1. The molecule has 9 nitrogen and oxygen atoms in total. The monoisotopic (exact) mass is 562 g/mol. The first-order chi connectivity index (χ1) is 17.5. The number of H-pyrrole nitrogens is 1. The van der Waals surface area contributed by atoms with Crippen molar-refractivity contribution in [2.24, 2.45) is 5.92 Å². The third-order valence-corrected chi connectivity index (χ3v) is 6.88. The van der Waals surface area contributed by atoms with Crippen molar-refractivity contribution in [1.82, 2.24) is 19.9 Å². The molecule has 0 radical (unpaired) electrons. The zero-order valence-corrected chi connectivity index (χ0v) is 21.4. The molecule has 1 saturated carbocycles. The van der Waals surface area contributed by atoms with Crippen LogP contribution in [-0.4, -0.2) is 53.3 Å². The van der Waals surface area contributed by atoms with Crippen molar-refractivity contribution in [3.63, 3.8) is 0 Å². The molecule has 2 atom stereocenters. The third kappa shape index (κ3) is 5.24. The molecule has 3 aliphatic rings. The molecule has 0 amide bonds. The summed E-state index contributed by atoms with van der Waals surface area (Å²) in [6, 6.07) is 1.55. The summed E-state index contributed by atoms with van der Waals surface area (Å²) >= 11 is 3.03. The number of carboxylic acids is 1. The zero-order chi connectivity index (χ0) is 25.8. The Balaban J connectivity index is 0.000000383. The third-order valence-electron chi connectivity index (χ3n) is 6.88. The van der Waals surface area contributed by atoms with Gasteiger partial charge in [-0.2, -0.15) is 0 Å². The molecule has 2 unspecified atom stereocenters. The number of fused-ring (bicyclic) bond motifs is 2. The summed E-state index contributed by atoms with van der Waals surface area (Å²) in [6.07, 6.45) is 10.4. The number of carbonyl (C=O) groups excluding carboxylic acids is 1. The van der Waals surface area contributed by atoms with Crippen LogP contribution in [0.25, 0.3) is 10.9 Å². The molecule has 2 aliphatic heterocycles. The minimum absolute atomic E-state index is 0.0199. The number of nitrogens with zero attached hydrogens (tertiary/aromatic N) is 3. The average molecular weight is 563 g/mol. The number of anilines is 1. The largest absolute Gasteiger partial charge is 0.351 e. The number of aromatic amines is 1. The molecule has 2 saturated heterocycles. The van der Waals surface area contributed by atoms with Gasteiger partial charge in [0.05, 0.1) is 35.9 Å². The maximum atomic E-state index is 15.3. The van der Waals surface area contributed by atoms with Crippen LogP contribution in [0.3, 0.4) is 0 Å². The Labute approximate surface area is 219 Å². The molecule has 36 heavy (non-hydrogen) atoms. The smallest absolute Gasteiger partial charge is 0.0919 e. The Morgan fingerprint density at radius 1 is 1.31 bits per heavy atom. The van der Waals surface area contributed by atoms with Crippen molar-refractivity contribution in [1.29, 1.82) is 0 Å². The van der Waals surface area contributed by atoms with Gasteiger partial charge in [0, 0.05) is 43.8 Å². The van der Waals surface area contributed by atoms with Crippen LogP contribution in [-0.2, 0) is 14.8 Å². The molecule has 195 valence electrons. The normalized spacial score (nSPS) is 20.6. The standard InChI is InChI=1S/C21H24FN3O4.C3H4N2.ClH.Co/c1-29-20-17-13(19(26)14(21(27)28)9-25(17)12-4-5-12)7-15(22)18(20)24-8-11-3-2-6-23-16(11)10-24;1-2-5-3-4-1;;/h7,9,11-12,16,23H,2-6,8,10H2,1H3,(H,27,28);1-3H,(H,4,5);1H;/q;;;+2/p-2. The van der Waals surface area contributed by atoms with Gasteiger partial charge in [-0.15, -0.1) is 0 Å². The van der Waals surface area contributed by atoms with Crippen molar-refractivity contribution in [2.45, 2.75) is 37.8 Å². The molecule has 1 aromatic carbocycles. The number of imidazole rings is 1. The predicted octanol–water partition coefficient (Wildman–Crippen LogP) is 2.13. The van der Waals surface area contributed by atoms with Crippen LogP contribution in [0.2, 0.25) is 0 Å². The van der Waals surface area contributed by atoms with Gasteiger partial charge in [0.15, 0.2) is 17.0 Å². The molecule has 0 spiro atoms. The summed E-state index contributed by atoms with van der Waals surface area (Å²) in [5, 5.41) is 15.0. The quantitative estimate of drug-likeness (QED) is 0.501. The number of aromatic carboxylic acids is 1. The van der Waals surface area contributed by atoms with Crippen molar-refractivity contribution < 1.29 is 33.9 Å². The van der Waals surface area contributed by atoms with Gasteiger partial charge in [-0.3, -0.25) is 4.79 Å². The first-order valence-electron chi connectivity index (χ1n) is 11.7. The Morgan fingerprint density at radius 3 is 2.64 bits per heavy atom. The fourth-order valence-corrected chi connectivity index (χ4v) is 5.16. The SMILES string of the molecule is COc1c(N2CC3CCCNC3C2)c(F)cc2c(=O)c(C(=O)[O-])cn(C3CC3)c12.[Cl][Co+].c1c[nH]cn1.